The predicted octanol–water partition coefficient (Wildman–Crippen LogP) is 1.86. The zero-order valence-corrected chi connectivity index (χ0v) is 13.6. The lowest BCUT2D eigenvalue weighted by Gasteiger charge is -2.20. The fourth-order valence-electron chi connectivity index (χ4n) is 1.77. The van der Waals surface area contributed by atoms with Gasteiger partial charge in [0.25, 0.3) is 0 Å². The van der Waals surface area contributed by atoms with Crippen LogP contribution in [0.3, 0.4) is 0 Å². The van der Waals surface area contributed by atoms with Crippen LogP contribution >= 0.6 is 0 Å². The van der Waals surface area contributed by atoms with Gasteiger partial charge in [-0.25, -0.2) is 9.59 Å². The highest BCUT2D eigenvalue weighted by molar-refractivity contribution is 5.97. The minimum Gasteiger partial charge on any atom is -0.456 e. The molecule has 0 atom stereocenters. The van der Waals surface area contributed by atoms with E-state index < -0.39 is 23.5 Å². The van der Waals surface area contributed by atoms with Crippen molar-refractivity contribution in [1.29, 1.82) is 0 Å². The molecule has 0 unspecified atom stereocenters. The van der Waals surface area contributed by atoms with Gasteiger partial charge < -0.3 is 4.74 Å². The number of nitrogens with zero attached hydrogens (tertiary/aromatic N) is 1. The number of amides is 4. The maximum absolute atomic E-state index is 12.0. The maximum atomic E-state index is 12.0. The molecule has 7 nitrogen and oxygen atoms in total. The van der Waals surface area contributed by atoms with E-state index in [0.29, 0.717) is 11.1 Å². The molecule has 1 aromatic rings. The van der Waals surface area contributed by atoms with E-state index in [0.717, 1.165) is 4.90 Å². The normalized spacial score (nSPS) is 10.6. The van der Waals surface area contributed by atoms with Gasteiger partial charge in [-0.15, -0.1) is 0 Å². The molecular weight excluding hydrogens is 300 g/mol. The third-order valence-corrected chi connectivity index (χ3v) is 2.71. The SMILES string of the molecule is CC(=O)N(Cc1cccc(C(=O)OC(C)(C)C)c1)C(=O)NC=O. The largest absolute Gasteiger partial charge is 0.456 e. The van der Waals surface area contributed by atoms with Gasteiger partial charge >= 0.3 is 12.0 Å². The molecule has 4 amide bonds. The second kappa shape index (κ2) is 7.53. The van der Waals surface area contributed by atoms with Crippen molar-refractivity contribution in [2.75, 3.05) is 0 Å². The average molecular weight is 320 g/mol. The van der Waals surface area contributed by atoms with Crippen molar-refractivity contribution >= 4 is 24.3 Å². The molecule has 0 spiro atoms. The van der Waals surface area contributed by atoms with Crippen LogP contribution in [0, 0.1) is 0 Å². The summed E-state index contributed by atoms with van der Waals surface area (Å²) in [4.78, 5) is 46.4. The van der Waals surface area contributed by atoms with Crippen LogP contribution in [0.2, 0.25) is 0 Å². The summed E-state index contributed by atoms with van der Waals surface area (Å²) in [6.07, 6.45) is 0.204. The number of carbonyl (C=O) groups excluding carboxylic acids is 4. The summed E-state index contributed by atoms with van der Waals surface area (Å²) in [6, 6.07) is 5.59. The Kier molecular flexibility index (Phi) is 6.01. The van der Waals surface area contributed by atoms with Crippen LogP contribution < -0.4 is 5.32 Å². The number of nitrogens with one attached hydrogen (secondary N) is 1. The van der Waals surface area contributed by atoms with Crippen LogP contribution in [0.1, 0.15) is 43.6 Å². The molecule has 1 N–H and O–H groups in total. The first-order chi connectivity index (χ1) is 10.6. The van der Waals surface area contributed by atoms with Crippen molar-refractivity contribution < 1.29 is 23.9 Å². The smallest absolute Gasteiger partial charge is 0.338 e. The first-order valence-corrected chi connectivity index (χ1v) is 6.98. The summed E-state index contributed by atoms with van der Waals surface area (Å²) >= 11 is 0. The van der Waals surface area contributed by atoms with E-state index >= 15 is 0 Å². The van der Waals surface area contributed by atoms with Crippen LogP contribution in [0.4, 0.5) is 4.79 Å². The highest BCUT2D eigenvalue weighted by Crippen LogP contribution is 2.14. The van der Waals surface area contributed by atoms with Crippen molar-refractivity contribution in [3.63, 3.8) is 0 Å². The van der Waals surface area contributed by atoms with E-state index in [9.17, 15) is 19.2 Å². The fourth-order valence-corrected chi connectivity index (χ4v) is 1.77. The monoisotopic (exact) mass is 320 g/mol. The van der Waals surface area contributed by atoms with Crippen molar-refractivity contribution in [3.8, 4) is 0 Å². The Balaban J connectivity index is 2.95. The predicted molar refractivity (Wildman–Crippen MR) is 82.4 cm³/mol. The summed E-state index contributed by atoms with van der Waals surface area (Å²) in [6.45, 7) is 6.43. The molecule has 1 rings (SSSR count). The van der Waals surface area contributed by atoms with Crippen molar-refractivity contribution in [3.05, 3.63) is 35.4 Å². The van der Waals surface area contributed by atoms with Crippen LogP contribution in [-0.4, -0.2) is 34.8 Å². The molecular formula is C16H20N2O5. The van der Waals surface area contributed by atoms with Crippen LogP contribution in [0.5, 0.6) is 0 Å². The molecule has 23 heavy (non-hydrogen) atoms. The quantitative estimate of drug-likeness (QED) is 0.675. The Bertz CT molecular complexity index is 619. The standard InChI is InChI=1S/C16H20N2O5/c1-11(20)18(15(22)17-10-19)9-12-6-5-7-13(8-12)14(21)23-16(2,3)4/h5-8,10H,9H2,1-4H3,(H,17,19,22). The van der Waals surface area contributed by atoms with E-state index in [1.807, 2.05) is 5.32 Å². The van der Waals surface area contributed by atoms with Gasteiger partial charge in [0.05, 0.1) is 12.1 Å². The highest BCUT2D eigenvalue weighted by atomic mass is 16.6. The number of esters is 1. The molecule has 1 aromatic carbocycles. The van der Waals surface area contributed by atoms with Gasteiger partial charge in [0, 0.05) is 6.92 Å². The summed E-state index contributed by atoms with van der Waals surface area (Å²) in [5.74, 6) is -1.02. The number of urea groups is 1. The zero-order chi connectivity index (χ0) is 17.6. The van der Waals surface area contributed by atoms with Crippen molar-refractivity contribution in [2.24, 2.45) is 0 Å². The molecule has 0 saturated heterocycles. The minimum absolute atomic E-state index is 0.0638. The molecule has 0 aromatic heterocycles. The molecule has 0 fully saturated rings. The lowest BCUT2D eigenvalue weighted by molar-refractivity contribution is -0.126. The molecule has 0 heterocycles. The van der Waals surface area contributed by atoms with Gasteiger partial charge in [0.1, 0.15) is 5.60 Å². The molecule has 0 aliphatic rings. The van der Waals surface area contributed by atoms with Crippen LogP contribution in [0.15, 0.2) is 24.3 Å². The lowest BCUT2D eigenvalue weighted by Crippen LogP contribution is -2.41. The summed E-state index contributed by atoms with van der Waals surface area (Å²) in [7, 11) is 0. The van der Waals surface area contributed by atoms with Gasteiger partial charge in [-0.2, -0.15) is 0 Å². The van der Waals surface area contributed by atoms with E-state index in [-0.39, 0.29) is 13.0 Å². The Labute approximate surface area is 134 Å². The Morgan fingerprint density at radius 3 is 2.43 bits per heavy atom. The fraction of sp³-hybridized carbons (Fsp3) is 0.375. The average Bonchev–Trinajstić information content (AvgIpc) is 2.43. The summed E-state index contributed by atoms with van der Waals surface area (Å²) in [5.41, 5.74) is 0.254. The molecule has 7 heteroatoms. The number of benzene rings is 1. The topological polar surface area (TPSA) is 92.8 Å². The first kappa shape index (κ1) is 18.3. The molecule has 0 radical (unpaired) electrons. The van der Waals surface area contributed by atoms with E-state index in [1.54, 1.807) is 39.0 Å². The second-order valence-electron chi connectivity index (χ2n) is 5.87. The van der Waals surface area contributed by atoms with Gasteiger partial charge in [0.2, 0.25) is 12.3 Å². The first-order valence-electron chi connectivity index (χ1n) is 6.98. The molecule has 0 aliphatic heterocycles. The van der Waals surface area contributed by atoms with Gasteiger partial charge in [-0.1, -0.05) is 12.1 Å². The zero-order valence-electron chi connectivity index (χ0n) is 13.6. The maximum Gasteiger partial charge on any atom is 0.338 e. The lowest BCUT2D eigenvalue weighted by atomic mass is 10.1. The molecule has 124 valence electrons. The van der Waals surface area contributed by atoms with Crippen molar-refractivity contribution in [1.82, 2.24) is 10.2 Å². The van der Waals surface area contributed by atoms with Gasteiger partial charge in [-0.05, 0) is 38.5 Å². The third-order valence-electron chi connectivity index (χ3n) is 2.71. The number of hydrogen-bond acceptors (Lipinski definition) is 5. The number of ether oxygens (including phenoxy) is 1. The number of carbonyl (C=O) groups is 4. The van der Waals surface area contributed by atoms with E-state index in [1.165, 1.54) is 13.0 Å². The Morgan fingerprint density at radius 1 is 1.26 bits per heavy atom. The van der Waals surface area contributed by atoms with Gasteiger partial charge in [0.15, 0.2) is 0 Å². The van der Waals surface area contributed by atoms with E-state index in [2.05, 4.69) is 0 Å². The Hall–Kier alpha value is -2.70. The second-order valence-corrected chi connectivity index (χ2v) is 5.87. The Morgan fingerprint density at radius 2 is 1.91 bits per heavy atom. The number of hydrogen-bond donors (Lipinski definition) is 1. The van der Waals surface area contributed by atoms with Crippen LogP contribution in [0.25, 0.3) is 0 Å². The minimum atomic E-state index is -0.824. The van der Waals surface area contributed by atoms with Crippen molar-refractivity contribution in [2.45, 2.75) is 39.8 Å². The van der Waals surface area contributed by atoms with Crippen LogP contribution in [-0.2, 0) is 20.9 Å². The molecule has 0 bridgehead atoms. The summed E-state index contributed by atoms with van der Waals surface area (Å²) in [5, 5.41) is 1.91. The molecule has 0 saturated carbocycles. The molecule has 0 aliphatic carbocycles. The van der Waals surface area contributed by atoms with Gasteiger partial charge in [-0.3, -0.25) is 19.8 Å². The highest BCUT2D eigenvalue weighted by Gasteiger charge is 2.20. The van der Waals surface area contributed by atoms with E-state index in [4.69, 9.17) is 4.74 Å². The third kappa shape index (κ3) is 5.90. The number of rotatable bonds is 4. The summed E-state index contributed by atoms with van der Waals surface area (Å²) < 4.78 is 5.27. The number of imide groups is 2.